The molecule has 0 radical (unpaired) electrons. The van der Waals surface area contributed by atoms with E-state index in [1.807, 2.05) is 0 Å². The van der Waals surface area contributed by atoms with E-state index in [2.05, 4.69) is 14.8 Å². The van der Waals surface area contributed by atoms with Gasteiger partial charge in [-0.3, -0.25) is 4.79 Å². The second-order valence-corrected chi connectivity index (χ2v) is 11.7. The van der Waals surface area contributed by atoms with Gasteiger partial charge in [0.1, 0.15) is 13.2 Å². The second kappa shape index (κ2) is 14.8. The van der Waals surface area contributed by atoms with E-state index < -0.39 is 89.6 Å². The summed E-state index contributed by atoms with van der Waals surface area (Å²) in [7, 11) is 0. The van der Waals surface area contributed by atoms with E-state index in [0.29, 0.717) is 0 Å². The van der Waals surface area contributed by atoms with Crippen LogP contribution in [0, 0.1) is 0 Å². The van der Waals surface area contributed by atoms with Crippen LogP contribution < -0.4 is 11.1 Å². The van der Waals surface area contributed by atoms with E-state index in [0.717, 1.165) is 30.3 Å². The maximum atomic E-state index is 13.3. The largest absolute Gasteiger partial charge is 0.458 e. The fourth-order valence-corrected chi connectivity index (χ4v) is 4.40. The summed E-state index contributed by atoms with van der Waals surface area (Å²) < 4.78 is 166. The number of carbonyl (C=O) groups is 3. The maximum Gasteiger partial charge on any atom is 0.429 e. The molecule has 3 rings (SSSR count). The molecule has 0 fully saturated rings. The van der Waals surface area contributed by atoms with Gasteiger partial charge in [-0.1, -0.05) is 32.0 Å². The number of halogens is 12. The Balaban J connectivity index is 2.06. The van der Waals surface area contributed by atoms with E-state index in [4.69, 9.17) is 5.73 Å². The molecule has 0 saturated carbocycles. The van der Waals surface area contributed by atoms with Crippen LogP contribution in [-0.2, 0) is 9.47 Å². The maximum absolute atomic E-state index is 13.3. The third-order valence-electron chi connectivity index (χ3n) is 7.58. The molecule has 53 heavy (non-hydrogen) atoms. The Bertz CT molecular complexity index is 1810. The molecule has 21 heteroatoms. The fraction of sp³-hybridized carbons (Fsp3) is 0.344. The standard InChI is InChI=1S/C32H26F12N2O7/c1-15(2)22-11-16(3-9-20(22)25(48)52-13-27(50,29(33,34)35)30(36,37)38)17-4-10-21(23(12-17)24(47)46-19-7-5-18(45)6-8-19)26(49)53-14-28(51,31(39,40)41)32(42,43)44/h3-12,15,50-51H,13-14,45H2,1-2H3,(H,46,47). The summed E-state index contributed by atoms with van der Waals surface area (Å²) in [6.07, 6.45) is -25.3. The van der Waals surface area contributed by atoms with Crippen LogP contribution in [0.3, 0.4) is 0 Å². The van der Waals surface area contributed by atoms with E-state index in [1.54, 1.807) is 0 Å². The predicted octanol–water partition coefficient (Wildman–Crippen LogP) is 7.34. The highest BCUT2D eigenvalue weighted by Crippen LogP contribution is 2.44. The van der Waals surface area contributed by atoms with Crippen LogP contribution >= 0.6 is 0 Å². The summed E-state index contributed by atoms with van der Waals surface area (Å²) in [5.41, 5.74) is -7.17. The number of nitrogens with one attached hydrogen (secondary N) is 1. The zero-order valence-electron chi connectivity index (χ0n) is 26.8. The van der Waals surface area contributed by atoms with Crippen molar-refractivity contribution >= 4 is 29.2 Å². The molecule has 3 aromatic carbocycles. The Hall–Kier alpha value is -5.05. The topological polar surface area (TPSA) is 148 Å². The highest BCUT2D eigenvalue weighted by atomic mass is 19.4. The molecule has 0 aliphatic heterocycles. The first-order chi connectivity index (χ1) is 24.0. The SMILES string of the molecule is CC(C)c1cc(-c2ccc(C(=O)OCC(O)(C(F)(F)F)C(F)(F)F)c(C(=O)Nc3ccc(N)cc3)c2)ccc1C(=O)OCC(O)(C(F)(F)F)C(F)(F)F. The average Bonchev–Trinajstić information content (AvgIpc) is 3.04. The van der Waals surface area contributed by atoms with Gasteiger partial charge in [-0.15, -0.1) is 0 Å². The molecule has 5 N–H and O–H groups in total. The Morgan fingerprint density at radius 3 is 1.43 bits per heavy atom. The zero-order chi connectivity index (χ0) is 40.5. The molecule has 0 heterocycles. The van der Waals surface area contributed by atoms with Crippen molar-refractivity contribution < 1.29 is 86.8 Å². The van der Waals surface area contributed by atoms with Crippen molar-refractivity contribution in [2.45, 2.75) is 55.7 Å². The molecule has 0 aliphatic carbocycles. The van der Waals surface area contributed by atoms with E-state index >= 15 is 0 Å². The lowest BCUT2D eigenvalue weighted by Crippen LogP contribution is -2.60. The lowest BCUT2D eigenvalue weighted by molar-refractivity contribution is -0.375. The van der Waals surface area contributed by atoms with Crippen LogP contribution in [0.5, 0.6) is 0 Å². The first kappa shape index (κ1) is 42.4. The number of hydrogen-bond acceptors (Lipinski definition) is 8. The summed E-state index contributed by atoms with van der Waals surface area (Å²) in [4.78, 5) is 38.9. The monoisotopic (exact) mass is 778 g/mol. The van der Waals surface area contributed by atoms with Crippen LogP contribution in [0.1, 0.15) is 56.4 Å². The molecule has 0 spiro atoms. The molecule has 1 amide bonds. The lowest BCUT2D eigenvalue weighted by Gasteiger charge is -2.31. The van der Waals surface area contributed by atoms with Crippen molar-refractivity contribution in [3.63, 3.8) is 0 Å². The highest BCUT2D eigenvalue weighted by molar-refractivity contribution is 6.11. The van der Waals surface area contributed by atoms with Gasteiger partial charge in [0.25, 0.3) is 17.1 Å². The minimum atomic E-state index is -6.35. The summed E-state index contributed by atoms with van der Waals surface area (Å²) in [5.74, 6) is -5.49. The van der Waals surface area contributed by atoms with Crippen LogP contribution in [-0.4, -0.2) is 77.2 Å². The lowest BCUT2D eigenvalue weighted by atomic mass is 9.91. The summed E-state index contributed by atoms with van der Waals surface area (Å²) >= 11 is 0. The van der Waals surface area contributed by atoms with E-state index in [9.17, 15) is 77.3 Å². The van der Waals surface area contributed by atoms with Gasteiger partial charge in [-0.2, -0.15) is 52.7 Å². The Morgan fingerprint density at radius 2 is 1.02 bits per heavy atom. The zero-order valence-corrected chi connectivity index (χ0v) is 26.8. The average molecular weight is 779 g/mol. The Morgan fingerprint density at radius 1 is 0.623 bits per heavy atom. The number of aliphatic hydroxyl groups is 2. The number of alkyl halides is 12. The number of hydrogen-bond donors (Lipinski definition) is 4. The second-order valence-electron chi connectivity index (χ2n) is 11.7. The molecule has 0 atom stereocenters. The molecular weight excluding hydrogens is 752 g/mol. The first-order valence-electron chi connectivity index (χ1n) is 14.5. The van der Waals surface area contributed by atoms with Gasteiger partial charge in [-0.05, 0) is 65.1 Å². The number of rotatable bonds is 10. The van der Waals surface area contributed by atoms with Crippen molar-refractivity contribution in [3.05, 3.63) is 82.9 Å². The summed E-state index contributed by atoms with van der Waals surface area (Å²) in [6, 6.07) is 11.1. The number of nitrogen functional groups attached to an aromatic ring is 1. The molecule has 0 aliphatic rings. The highest BCUT2D eigenvalue weighted by Gasteiger charge is 2.72. The number of nitrogens with two attached hydrogens (primary N) is 1. The smallest absolute Gasteiger partial charge is 0.429 e. The van der Waals surface area contributed by atoms with Gasteiger partial charge in [0, 0.05) is 11.4 Å². The molecule has 290 valence electrons. The predicted molar refractivity (Wildman–Crippen MR) is 159 cm³/mol. The van der Waals surface area contributed by atoms with Gasteiger partial charge >= 0.3 is 36.6 Å². The van der Waals surface area contributed by atoms with Gasteiger partial charge < -0.3 is 30.7 Å². The number of carbonyl (C=O) groups excluding carboxylic acids is 3. The van der Waals surface area contributed by atoms with Crippen molar-refractivity contribution in [1.82, 2.24) is 0 Å². The molecule has 0 unspecified atom stereocenters. The summed E-state index contributed by atoms with van der Waals surface area (Å²) in [6.45, 7) is -2.31. The number of amides is 1. The molecule has 9 nitrogen and oxygen atoms in total. The van der Waals surface area contributed by atoms with Crippen LogP contribution in [0.4, 0.5) is 64.1 Å². The minimum absolute atomic E-state index is 0.0311. The number of esters is 2. The summed E-state index contributed by atoms with van der Waals surface area (Å²) in [5, 5.41) is 21.0. The minimum Gasteiger partial charge on any atom is -0.458 e. The number of benzene rings is 3. The van der Waals surface area contributed by atoms with Gasteiger partial charge in [0.2, 0.25) is 0 Å². The van der Waals surface area contributed by atoms with E-state index in [-0.39, 0.29) is 28.1 Å². The van der Waals surface area contributed by atoms with Crippen molar-refractivity contribution in [2.24, 2.45) is 0 Å². The van der Waals surface area contributed by atoms with Gasteiger partial charge in [-0.25, -0.2) is 9.59 Å². The van der Waals surface area contributed by atoms with Crippen molar-refractivity contribution in [3.8, 4) is 11.1 Å². The van der Waals surface area contributed by atoms with Crippen LogP contribution in [0.25, 0.3) is 11.1 Å². The quantitative estimate of drug-likeness (QED) is 0.0951. The van der Waals surface area contributed by atoms with Crippen molar-refractivity contribution in [2.75, 3.05) is 24.3 Å². The molecule has 0 aromatic heterocycles. The molecule has 0 bridgehead atoms. The molecular formula is C32H26F12N2O7. The Labute approximate surface area is 290 Å². The molecule has 0 saturated heterocycles. The Kier molecular flexibility index (Phi) is 11.8. The fourth-order valence-electron chi connectivity index (χ4n) is 4.40. The molecule has 3 aromatic rings. The van der Waals surface area contributed by atoms with Crippen LogP contribution in [0.15, 0.2) is 60.7 Å². The normalized spacial score (nSPS) is 13.2. The number of anilines is 2. The van der Waals surface area contributed by atoms with Gasteiger partial charge in [0.15, 0.2) is 0 Å². The van der Waals surface area contributed by atoms with E-state index in [1.165, 1.54) is 44.2 Å². The first-order valence-corrected chi connectivity index (χ1v) is 14.5. The third-order valence-corrected chi connectivity index (χ3v) is 7.58. The van der Waals surface area contributed by atoms with Gasteiger partial charge in [0.05, 0.1) is 16.7 Å². The third kappa shape index (κ3) is 8.95. The van der Waals surface area contributed by atoms with Crippen LogP contribution in [0.2, 0.25) is 0 Å². The van der Waals surface area contributed by atoms with Crippen molar-refractivity contribution in [1.29, 1.82) is 0 Å². The number of ether oxygens (including phenoxy) is 2.